The third-order valence-electron chi connectivity index (χ3n) is 5.76. The molecule has 14 nitrogen and oxygen atoms in total. The number of rotatable bonds is 11. The molecular weight excluding hydrogens is 538 g/mol. The van der Waals surface area contributed by atoms with E-state index in [0.717, 1.165) is 30.0 Å². The topological polar surface area (TPSA) is 220 Å². The molecule has 3 rings (SSSR count). The minimum Gasteiger partial charge on any atom is -0.425 e. The number of fused-ring (bicyclic) bond motifs is 1. The average Bonchev–Trinajstić information content (AvgIpc) is 2.90. The number of nitro benzene ring substituents is 1. The number of hydrogen-bond acceptors (Lipinski definition) is 12. The summed E-state index contributed by atoms with van der Waals surface area (Å²) in [6, 6.07) is 13.6. The molecule has 0 aliphatic heterocycles. The van der Waals surface area contributed by atoms with Crippen molar-refractivity contribution in [2.45, 2.75) is 35.5 Å². The summed E-state index contributed by atoms with van der Waals surface area (Å²) in [5.41, 5.74) is 0.422. The number of sulfonamides is 1. The molecule has 3 aromatic carbocycles. The van der Waals surface area contributed by atoms with Crippen molar-refractivity contribution >= 4 is 38.1 Å². The minimum absolute atomic E-state index is 0.229. The Morgan fingerprint density at radius 3 is 2.08 bits per heavy atom. The smallest absolute Gasteiger partial charge is 0.343 e. The second-order valence-corrected chi connectivity index (χ2v) is 10.4. The maximum absolute atomic E-state index is 13.0. The largest absolute Gasteiger partial charge is 0.425 e. The van der Waals surface area contributed by atoms with Crippen LogP contribution >= 0.6 is 0 Å². The number of aliphatic hydroxyl groups is 5. The Hall–Kier alpha value is -3.70. The number of carbonyl (C=O) groups is 1. The van der Waals surface area contributed by atoms with Crippen molar-refractivity contribution in [3.05, 3.63) is 70.8 Å². The average molecular weight is 566 g/mol. The van der Waals surface area contributed by atoms with Crippen LogP contribution in [0.1, 0.15) is 0 Å². The van der Waals surface area contributed by atoms with Crippen molar-refractivity contribution < 1.29 is 48.4 Å². The van der Waals surface area contributed by atoms with Crippen molar-refractivity contribution in [2.24, 2.45) is 0 Å². The van der Waals surface area contributed by atoms with Crippen molar-refractivity contribution in [1.82, 2.24) is 4.72 Å². The first-order chi connectivity index (χ1) is 18.2. The van der Waals surface area contributed by atoms with E-state index < -0.39 is 51.6 Å². The molecule has 0 aliphatic carbocycles. The summed E-state index contributed by atoms with van der Waals surface area (Å²) in [6.07, 6.45) is -12.1. The van der Waals surface area contributed by atoms with Crippen LogP contribution in [0, 0.1) is 10.1 Å². The first-order valence-electron chi connectivity index (χ1n) is 11.3. The van der Waals surface area contributed by atoms with Crippen LogP contribution in [-0.4, -0.2) is 89.6 Å². The van der Waals surface area contributed by atoms with Crippen LogP contribution < -0.4 is 14.4 Å². The zero-order valence-electron chi connectivity index (χ0n) is 20.6. The van der Waals surface area contributed by atoms with Gasteiger partial charge in [0.2, 0.25) is 10.0 Å². The summed E-state index contributed by atoms with van der Waals surface area (Å²) in [5.74, 6) is -1.72. The quantitative estimate of drug-likeness (QED) is 0.0567. The highest BCUT2D eigenvalue weighted by Crippen LogP contribution is 2.30. The van der Waals surface area contributed by atoms with Gasteiger partial charge in [-0.3, -0.25) is 10.1 Å². The summed E-state index contributed by atoms with van der Waals surface area (Å²) in [6.45, 7) is 0. The van der Waals surface area contributed by atoms with Gasteiger partial charge in [0.05, 0.1) is 9.82 Å². The second-order valence-electron chi connectivity index (χ2n) is 8.68. The zero-order valence-corrected chi connectivity index (χ0v) is 21.5. The molecule has 0 aromatic heterocycles. The van der Waals surface area contributed by atoms with E-state index in [9.17, 15) is 48.9 Å². The number of nitro groups is 1. The molecule has 0 spiro atoms. The van der Waals surface area contributed by atoms with Crippen molar-refractivity contribution in [3.8, 4) is 5.75 Å². The van der Waals surface area contributed by atoms with E-state index >= 15 is 0 Å². The van der Waals surface area contributed by atoms with E-state index in [1.807, 2.05) is 4.72 Å². The number of non-ortho nitro benzene ring substituents is 1. The molecular formula is C24H27N3O11S. The third kappa shape index (κ3) is 6.66. The van der Waals surface area contributed by atoms with Crippen molar-refractivity contribution in [1.29, 1.82) is 0 Å². The van der Waals surface area contributed by atoms with Gasteiger partial charge in [-0.15, -0.1) is 0 Å². The summed E-state index contributed by atoms with van der Waals surface area (Å²) in [4.78, 5) is 23.7. The van der Waals surface area contributed by atoms with Crippen molar-refractivity contribution in [3.63, 3.8) is 0 Å². The Balaban J connectivity index is 1.71. The Bertz CT molecular complexity index is 1450. The number of nitrogens with zero attached hydrogens (tertiary/aromatic N) is 2. The summed E-state index contributed by atoms with van der Waals surface area (Å²) in [5, 5.41) is 62.6. The number of esters is 1. The standard InChI is InChI=1S/C24H27N3O11S/c1-26(2)17-7-3-6-16-15(17)5-4-8-18(16)39(36,37)25-23(32)21(30)19(28)20(29)22(31)24(33)38-14-11-9-13(10-12-14)27(34)35/h3-12,19-23,25,28-32H,1-2H3. The Morgan fingerprint density at radius 1 is 0.897 bits per heavy atom. The fourth-order valence-electron chi connectivity index (χ4n) is 3.71. The number of benzene rings is 3. The van der Waals surface area contributed by atoms with Gasteiger partial charge < -0.3 is 35.2 Å². The van der Waals surface area contributed by atoms with Gasteiger partial charge in [0.25, 0.3) is 5.69 Å². The molecule has 0 heterocycles. The SMILES string of the molecule is CN(C)c1cccc2c(S(=O)(=O)NC(O)C(O)C(O)C(O)C(O)C(=O)Oc3ccc([N+](=O)[O-])cc3)cccc12. The number of anilines is 1. The van der Waals surface area contributed by atoms with Crippen LogP contribution in [0.25, 0.3) is 10.8 Å². The summed E-state index contributed by atoms with van der Waals surface area (Å²) in [7, 11) is -0.943. The molecule has 0 amide bonds. The molecule has 0 aliphatic rings. The lowest BCUT2D eigenvalue weighted by molar-refractivity contribution is -0.384. The molecule has 5 unspecified atom stereocenters. The third-order valence-corrected chi connectivity index (χ3v) is 7.25. The van der Waals surface area contributed by atoms with E-state index in [0.29, 0.717) is 10.8 Å². The first kappa shape index (κ1) is 29.9. The molecule has 3 aromatic rings. The number of carbonyl (C=O) groups excluding carboxylic acids is 1. The molecule has 0 saturated heterocycles. The molecule has 0 fully saturated rings. The number of hydrogen-bond donors (Lipinski definition) is 6. The van der Waals surface area contributed by atoms with Gasteiger partial charge in [-0.1, -0.05) is 24.3 Å². The molecule has 6 N–H and O–H groups in total. The normalized spacial score (nSPS) is 15.7. The fourth-order valence-corrected chi connectivity index (χ4v) is 5.02. The number of aliphatic hydroxyl groups excluding tert-OH is 5. The second kappa shape index (κ2) is 12.0. The maximum Gasteiger partial charge on any atom is 0.343 e. The summed E-state index contributed by atoms with van der Waals surface area (Å²) < 4.78 is 32.7. The lowest BCUT2D eigenvalue weighted by atomic mass is 10.0. The fraction of sp³-hybridized carbons (Fsp3) is 0.292. The first-order valence-corrected chi connectivity index (χ1v) is 12.8. The van der Waals surface area contributed by atoms with E-state index in [4.69, 9.17) is 4.74 Å². The Labute approximate surface area is 222 Å². The lowest BCUT2D eigenvalue weighted by Crippen LogP contribution is -2.55. The van der Waals surface area contributed by atoms with Gasteiger partial charge in [-0.05, 0) is 24.3 Å². The Kier molecular flexibility index (Phi) is 9.18. The van der Waals surface area contributed by atoms with E-state index in [-0.39, 0.29) is 16.3 Å². The highest BCUT2D eigenvalue weighted by atomic mass is 32.2. The van der Waals surface area contributed by atoms with E-state index in [1.165, 1.54) is 12.1 Å². The molecule has 0 saturated carbocycles. The highest BCUT2D eigenvalue weighted by molar-refractivity contribution is 7.89. The van der Waals surface area contributed by atoms with Gasteiger partial charge in [-0.2, -0.15) is 4.72 Å². The monoisotopic (exact) mass is 565 g/mol. The van der Waals surface area contributed by atoms with Crippen LogP contribution in [0.4, 0.5) is 11.4 Å². The molecule has 0 bridgehead atoms. The highest BCUT2D eigenvalue weighted by Gasteiger charge is 2.39. The maximum atomic E-state index is 13.0. The van der Waals surface area contributed by atoms with Crippen molar-refractivity contribution in [2.75, 3.05) is 19.0 Å². The number of nitrogens with one attached hydrogen (secondary N) is 1. The minimum atomic E-state index is -4.49. The predicted octanol–water partition coefficient (Wildman–Crippen LogP) is -0.540. The lowest BCUT2D eigenvalue weighted by Gasteiger charge is -2.28. The Morgan fingerprint density at radius 2 is 1.49 bits per heavy atom. The van der Waals surface area contributed by atoms with Crippen LogP contribution in [0.2, 0.25) is 0 Å². The number of ether oxygens (including phenoxy) is 1. The molecule has 39 heavy (non-hydrogen) atoms. The van der Waals surface area contributed by atoms with Gasteiger partial charge in [-0.25, -0.2) is 13.2 Å². The van der Waals surface area contributed by atoms with Gasteiger partial charge >= 0.3 is 5.97 Å². The van der Waals surface area contributed by atoms with Gasteiger partial charge in [0.15, 0.2) is 6.10 Å². The van der Waals surface area contributed by atoms with E-state index in [1.54, 1.807) is 43.3 Å². The van der Waals surface area contributed by atoms with Gasteiger partial charge in [0.1, 0.15) is 30.3 Å². The summed E-state index contributed by atoms with van der Waals surface area (Å²) >= 11 is 0. The van der Waals surface area contributed by atoms with Crippen LogP contribution in [0.3, 0.4) is 0 Å². The van der Waals surface area contributed by atoms with E-state index in [2.05, 4.69) is 0 Å². The molecule has 0 radical (unpaired) electrons. The molecule has 15 heteroatoms. The molecule has 5 atom stereocenters. The van der Waals surface area contributed by atoms with Crippen LogP contribution in [0.15, 0.2) is 65.6 Å². The van der Waals surface area contributed by atoms with Gasteiger partial charge in [0, 0.05) is 42.7 Å². The zero-order chi connectivity index (χ0) is 29.1. The molecule has 210 valence electrons. The van der Waals surface area contributed by atoms with Crippen LogP contribution in [-0.2, 0) is 14.8 Å². The van der Waals surface area contributed by atoms with Crippen LogP contribution in [0.5, 0.6) is 5.75 Å². The predicted molar refractivity (Wildman–Crippen MR) is 137 cm³/mol.